The van der Waals surface area contributed by atoms with Gasteiger partial charge in [0.2, 0.25) is 0 Å². The first-order valence-electron chi connectivity index (χ1n) is 5.93. The van der Waals surface area contributed by atoms with Crippen LogP contribution in [0.4, 0.5) is 0 Å². The molecule has 0 aromatic carbocycles. The predicted octanol–water partition coefficient (Wildman–Crippen LogP) is 1.95. The number of carboxylic acid groups (broad SMARTS) is 2. The van der Waals surface area contributed by atoms with Gasteiger partial charge in [-0.25, -0.2) is 0 Å². The number of hydrogen-bond acceptors (Lipinski definition) is 3. The van der Waals surface area contributed by atoms with Gasteiger partial charge in [-0.1, -0.05) is 6.92 Å². The van der Waals surface area contributed by atoms with Crippen LogP contribution in [0.5, 0.6) is 0 Å². The second-order valence-electron chi connectivity index (χ2n) is 6.38. The summed E-state index contributed by atoms with van der Waals surface area (Å²) in [6.45, 7) is 6.11. The SMILES string of the molecule is CC(=O)C1(C)CC(C)(C(=O)O)CC(C)(C(=O)O)C1. The molecular formula is C13H20O5. The summed E-state index contributed by atoms with van der Waals surface area (Å²) in [6, 6.07) is 0. The van der Waals surface area contributed by atoms with E-state index in [0.717, 1.165) is 0 Å². The Kier molecular flexibility index (Phi) is 3.32. The van der Waals surface area contributed by atoms with Crippen molar-refractivity contribution in [1.82, 2.24) is 0 Å². The van der Waals surface area contributed by atoms with Gasteiger partial charge in [-0.2, -0.15) is 0 Å². The third-order valence-electron chi connectivity index (χ3n) is 4.22. The molecule has 1 rings (SSSR count). The predicted molar refractivity (Wildman–Crippen MR) is 64.1 cm³/mol. The van der Waals surface area contributed by atoms with Crippen LogP contribution in [0.1, 0.15) is 47.0 Å². The third kappa shape index (κ3) is 2.26. The fraction of sp³-hybridized carbons (Fsp3) is 0.769. The van der Waals surface area contributed by atoms with Crippen molar-refractivity contribution in [3.63, 3.8) is 0 Å². The lowest BCUT2D eigenvalue weighted by atomic mass is 9.53. The summed E-state index contributed by atoms with van der Waals surface area (Å²) in [5.74, 6) is -2.23. The summed E-state index contributed by atoms with van der Waals surface area (Å²) in [6.07, 6.45) is 0.425. The summed E-state index contributed by atoms with van der Waals surface area (Å²) < 4.78 is 0. The molecule has 1 aliphatic carbocycles. The number of hydrogen-bond donors (Lipinski definition) is 2. The van der Waals surface area contributed by atoms with Crippen molar-refractivity contribution in [2.45, 2.75) is 47.0 Å². The van der Waals surface area contributed by atoms with E-state index < -0.39 is 28.2 Å². The lowest BCUT2D eigenvalue weighted by Crippen LogP contribution is -2.51. The number of aliphatic carboxylic acids is 2. The fourth-order valence-corrected chi connectivity index (χ4v) is 3.32. The molecule has 2 atom stereocenters. The van der Waals surface area contributed by atoms with E-state index in [4.69, 9.17) is 0 Å². The molecule has 102 valence electrons. The number of ketones is 1. The zero-order valence-corrected chi connectivity index (χ0v) is 11.2. The van der Waals surface area contributed by atoms with Gasteiger partial charge in [0.15, 0.2) is 0 Å². The zero-order valence-electron chi connectivity index (χ0n) is 11.2. The first kappa shape index (κ1) is 14.7. The average molecular weight is 256 g/mol. The minimum absolute atomic E-state index is 0.0491. The zero-order chi connectivity index (χ0) is 14.4. The molecule has 5 nitrogen and oxygen atoms in total. The van der Waals surface area contributed by atoms with E-state index in [9.17, 15) is 24.6 Å². The van der Waals surface area contributed by atoms with E-state index >= 15 is 0 Å². The highest BCUT2D eigenvalue weighted by atomic mass is 16.4. The van der Waals surface area contributed by atoms with Crippen molar-refractivity contribution in [1.29, 1.82) is 0 Å². The molecular weight excluding hydrogens is 236 g/mol. The van der Waals surface area contributed by atoms with Crippen LogP contribution in [0.3, 0.4) is 0 Å². The highest BCUT2D eigenvalue weighted by Crippen LogP contribution is 2.54. The average Bonchev–Trinajstić information content (AvgIpc) is 2.14. The first-order chi connectivity index (χ1) is 7.95. The number of carbonyl (C=O) groups excluding carboxylic acids is 1. The Balaban J connectivity index is 3.28. The van der Waals surface area contributed by atoms with Crippen molar-refractivity contribution >= 4 is 17.7 Å². The molecule has 2 N–H and O–H groups in total. The molecule has 1 aliphatic rings. The van der Waals surface area contributed by atoms with Crippen LogP contribution < -0.4 is 0 Å². The maximum atomic E-state index is 11.8. The number of carbonyl (C=O) groups is 3. The molecule has 5 heteroatoms. The van der Waals surface area contributed by atoms with E-state index in [2.05, 4.69) is 0 Å². The van der Waals surface area contributed by atoms with Gasteiger partial charge in [0.25, 0.3) is 0 Å². The van der Waals surface area contributed by atoms with E-state index in [1.54, 1.807) is 6.92 Å². The lowest BCUT2D eigenvalue weighted by molar-refractivity contribution is -0.168. The molecule has 0 aliphatic heterocycles. The topological polar surface area (TPSA) is 91.7 Å². The number of Topliss-reactive ketones (excluding diaryl/α,β-unsaturated/α-hetero) is 1. The molecule has 0 aromatic heterocycles. The summed E-state index contributed by atoms with van der Waals surface area (Å²) in [5, 5.41) is 18.6. The molecule has 0 saturated heterocycles. The summed E-state index contributed by atoms with van der Waals surface area (Å²) in [4.78, 5) is 34.5. The first-order valence-corrected chi connectivity index (χ1v) is 5.93. The molecule has 0 aromatic rings. The molecule has 0 spiro atoms. The monoisotopic (exact) mass is 256 g/mol. The smallest absolute Gasteiger partial charge is 0.309 e. The second kappa shape index (κ2) is 4.07. The van der Waals surface area contributed by atoms with Crippen LogP contribution in [0.25, 0.3) is 0 Å². The molecule has 1 fully saturated rings. The third-order valence-corrected chi connectivity index (χ3v) is 4.22. The van der Waals surface area contributed by atoms with Crippen LogP contribution in [-0.2, 0) is 14.4 Å². The Morgan fingerprint density at radius 2 is 1.06 bits per heavy atom. The van der Waals surface area contributed by atoms with Gasteiger partial charge in [0.05, 0.1) is 10.8 Å². The Hall–Kier alpha value is -1.39. The van der Waals surface area contributed by atoms with Crippen LogP contribution in [0.15, 0.2) is 0 Å². The molecule has 0 heterocycles. The molecule has 18 heavy (non-hydrogen) atoms. The maximum absolute atomic E-state index is 11.8. The Bertz CT molecular complexity index is 342. The van der Waals surface area contributed by atoms with Crippen LogP contribution in [-0.4, -0.2) is 27.9 Å². The maximum Gasteiger partial charge on any atom is 0.309 e. The number of rotatable bonds is 3. The highest BCUT2D eigenvalue weighted by molar-refractivity contribution is 5.86. The Labute approximate surface area is 106 Å². The normalized spacial score (nSPS) is 40.2. The van der Waals surface area contributed by atoms with E-state index in [1.807, 2.05) is 0 Å². The molecule has 2 unspecified atom stereocenters. The fourth-order valence-electron chi connectivity index (χ4n) is 3.32. The lowest BCUT2D eigenvalue weighted by Gasteiger charge is -2.48. The van der Waals surface area contributed by atoms with Crippen LogP contribution in [0.2, 0.25) is 0 Å². The Morgan fingerprint density at radius 1 is 0.778 bits per heavy atom. The largest absolute Gasteiger partial charge is 0.481 e. The van der Waals surface area contributed by atoms with Gasteiger partial charge in [0.1, 0.15) is 5.78 Å². The molecule has 0 bridgehead atoms. The van der Waals surface area contributed by atoms with Gasteiger partial charge in [0, 0.05) is 5.41 Å². The van der Waals surface area contributed by atoms with Gasteiger partial charge in [-0.05, 0) is 40.0 Å². The van der Waals surface area contributed by atoms with Gasteiger partial charge in [-0.3, -0.25) is 14.4 Å². The van der Waals surface area contributed by atoms with Crippen molar-refractivity contribution in [3.8, 4) is 0 Å². The molecule has 1 saturated carbocycles. The minimum Gasteiger partial charge on any atom is -0.481 e. The number of carboxylic acids is 2. The quantitative estimate of drug-likeness (QED) is 0.805. The summed E-state index contributed by atoms with van der Waals surface area (Å²) in [5.41, 5.74) is -3.24. The Morgan fingerprint density at radius 3 is 1.28 bits per heavy atom. The highest BCUT2D eigenvalue weighted by Gasteiger charge is 2.56. The van der Waals surface area contributed by atoms with Gasteiger partial charge in [-0.15, -0.1) is 0 Å². The van der Waals surface area contributed by atoms with E-state index in [0.29, 0.717) is 0 Å². The van der Waals surface area contributed by atoms with Gasteiger partial charge < -0.3 is 10.2 Å². The van der Waals surface area contributed by atoms with Crippen molar-refractivity contribution < 1.29 is 24.6 Å². The van der Waals surface area contributed by atoms with Crippen LogP contribution in [0, 0.1) is 16.2 Å². The van der Waals surface area contributed by atoms with E-state index in [1.165, 1.54) is 20.8 Å². The van der Waals surface area contributed by atoms with Crippen molar-refractivity contribution in [3.05, 3.63) is 0 Å². The summed E-state index contributed by atoms with van der Waals surface area (Å²) in [7, 11) is 0. The standard InChI is InChI=1S/C13H20O5/c1-8(14)11(2)5-12(3,9(15)16)7-13(4,6-11)10(17)18/h5-7H2,1-4H3,(H,15,16)(H,17,18). The van der Waals surface area contributed by atoms with E-state index in [-0.39, 0.29) is 25.0 Å². The minimum atomic E-state index is -1.17. The summed E-state index contributed by atoms with van der Waals surface area (Å²) >= 11 is 0. The molecule has 0 radical (unpaired) electrons. The van der Waals surface area contributed by atoms with Gasteiger partial charge >= 0.3 is 11.9 Å². The second-order valence-corrected chi connectivity index (χ2v) is 6.38. The van der Waals surface area contributed by atoms with Crippen molar-refractivity contribution in [2.75, 3.05) is 0 Å². The van der Waals surface area contributed by atoms with Crippen molar-refractivity contribution in [2.24, 2.45) is 16.2 Å². The van der Waals surface area contributed by atoms with Crippen LogP contribution >= 0.6 is 0 Å². The molecule has 0 amide bonds.